The van der Waals surface area contributed by atoms with Gasteiger partial charge in [0.2, 0.25) is 0 Å². The Bertz CT molecular complexity index is 653. The summed E-state index contributed by atoms with van der Waals surface area (Å²) in [7, 11) is 0. The van der Waals surface area contributed by atoms with E-state index in [4.69, 9.17) is 19.1 Å². The Balaban J connectivity index is 2.26. The van der Waals surface area contributed by atoms with Crippen LogP contribution in [0.5, 0.6) is 11.5 Å². The summed E-state index contributed by atoms with van der Waals surface area (Å²) in [5, 5.41) is 12.8. The topological polar surface area (TPSA) is 81.8 Å². The lowest BCUT2D eigenvalue weighted by molar-refractivity contribution is 0.0696. The van der Waals surface area contributed by atoms with Gasteiger partial charge in [0.05, 0.1) is 22.3 Å². The van der Waals surface area contributed by atoms with Crippen molar-refractivity contribution in [2.45, 2.75) is 20.5 Å². The molecular formula is C14H14BrNO5. The summed E-state index contributed by atoms with van der Waals surface area (Å²) >= 11 is 3.30. The van der Waals surface area contributed by atoms with Crippen molar-refractivity contribution in [3.05, 3.63) is 39.7 Å². The van der Waals surface area contributed by atoms with Gasteiger partial charge in [-0.1, -0.05) is 5.16 Å². The molecule has 0 radical (unpaired) electrons. The highest BCUT2D eigenvalue weighted by Crippen LogP contribution is 2.37. The molecule has 0 saturated carbocycles. The van der Waals surface area contributed by atoms with Gasteiger partial charge in [-0.3, -0.25) is 0 Å². The van der Waals surface area contributed by atoms with Crippen LogP contribution in [0.15, 0.2) is 27.2 Å². The number of aryl methyl sites for hydroxylation is 1. The number of carbonyl (C=O) groups is 1. The Morgan fingerprint density at radius 3 is 2.71 bits per heavy atom. The number of aromatic nitrogens is 1. The summed E-state index contributed by atoms with van der Waals surface area (Å²) in [5.41, 5.74) is 0.882. The van der Waals surface area contributed by atoms with Crippen molar-refractivity contribution >= 4 is 21.9 Å². The van der Waals surface area contributed by atoms with E-state index in [2.05, 4.69) is 21.1 Å². The highest BCUT2D eigenvalue weighted by atomic mass is 79.9. The van der Waals surface area contributed by atoms with Crippen LogP contribution in [0.1, 0.15) is 28.7 Å². The summed E-state index contributed by atoms with van der Waals surface area (Å²) in [6, 6.07) is 4.66. The maximum Gasteiger partial charge on any atom is 0.335 e. The highest BCUT2D eigenvalue weighted by molar-refractivity contribution is 9.10. The lowest BCUT2D eigenvalue weighted by Crippen LogP contribution is -2.03. The molecule has 0 saturated heterocycles. The molecule has 0 aliphatic rings. The number of halogens is 1. The van der Waals surface area contributed by atoms with Gasteiger partial charge in [0.15, 0.2) is 17.3 Å². The van der Waals surface area contributed by atoms with Gasteiger partial charge in [-0.15, -0.1) is 0 Å². The van der Waals surface area contributed by atoms with E-state index >= 15 is 0 Å². The van der Waals surface area contributed by atoms with E-state index in [-0.39, 0.29) is 12.2 Å². The smallest absolute Gasteiger partial charge is 0.335 e. The van der Waals surface area contributed by atoms with Gasteiger partial charge in [0.25, 0.3) is 0 Å². The second kappa shape index (κ2) is 6.62. The minimum Gasteiger partial charge on any atom is -0.490 e. The minimum atomic E-state index is -1.03. The largest absolute Gasteiger partial charge is 0.490 e. The summed E-state index contributed by atoms with van der Waals surface area (Å²) in [5.74, 6) is 0.328. The van der Waals surface area contributed by atoms with Crippen LogP contribution in [-0.4, -0.2) is 22.8 Å². The molecule has 1 aromatic carbocycles. The molecule has 0 spiro atoms. The van der Waals surface area contributed by atoms with Crippen molar-refractivity contribution in [1.29, 1.82) is 0 Å². The molecule has 0 atom stereocenters. The molecule has 6 nitrogen and oxygen atoms in total. The van der Waals surface area contributed by atoms with Gasteiger partial charge in [0, 0.05) is 6.07 Å². The van der Waals surface area contributed by atoms with Crippen LogP contribution in [0.25, 0.3) is 0 Å². The van der Waals surface area contributed by atoms with Crippen molar-refractivity contribution in [3.63, 3.8) is 0 Å². The van der Waals surface area contributed by atoms with E-state index in [0.29, 0.717) is 28.3 Å². The molecule has 1 heterocycles. The fourth-order valence-electron chi connectivity index (χ4n) is 1.72. The Hall–Kier alpha value is -2.02. The Labute approximate surface area is 129 Å². The molecule has 0 amide bonds. The second-order valence-corrected chi connectivity index (χ2v) is 5.10. The zero-order valence-electron chi connectivity index (χ0n) is 11.6. The van der Waals surface area contributed by atoms with Crippen molar-refractivity contribution in [2.24, 2.45) is 0 Å². The molecule has 0 unspecified atom stereocenters. The molecule has 2 rings (SSSR count). The summed E-state index contributed by atoms with van der Waals surface area (Å²) in [4.78, 5) is 11.1. The number of rotatable bonds is 6. The van der Waals surface area contributed by atoms with Gasteiger partial charge < -0.3 is 19.1 Å². The summed E-state index contributed by atoms with van der Waals surface area (Å²) in [6.45, 7) is 4.19. The first kappa shape index (κ1) is 15.4. The Kier molecular flexibility index (Phi) is 4.85. The number of ether oxygens (including phenoxy) is 2. The van der Waals surface area contributed by atoms with E-state index < -0.39 is 5.97 Å². The normalized spacial score (nSPS) is 10.4. The van der Waals surface area contributed by atoms with Crippen molar-refractivity contribution in [1.82, 2.24) is 5.16 Å². The molecule has 1 N–H and O–H groups in total. The predicted octanol–water partition coefficient (Wildman–Crippen LogP) is 3.42. The van der Waals surface area contributed by atoms with Crippen LogP contribution >= 0.6 is 15.9 Å². The van der Waals surface area contributed by atoms with Crippen molar-refractivity contribution < 1.29 is 23.9 Å². The van der Waals surface area contributed by atoms with Gasteiger partial charge >= 0.3 is 5.97 Å². The monoisotopic (exact) mass is 355 g/mol. The fraction of sp³-hybridized carbons (Fsp3) is 0.286. The minimum absolute atomic E-state index is 0.119. The number of hydrogen-bond donors (Lipinski definition) is 1. The quantitative estimate of drug-likeness (QED) is 0.854. The fourth-order valence-corrected chi connectivity index (χ4v) is 2.28. The molecule has 0 aliphatic carbocycles. The molecule has 21 heavy (non-hydrogen) atoms. The highest BCUT2D eigenvalue weighted by Gasteiger charge is 2.16. The molecule has 0 fully saturated rings. The summed E-state index contributed by atoms with van der Waals surface area (Å²) < 4.78 is 16.7. The Morgan fingerprint density at radius 1 is 1.38 bits per heavy atom. The molecule has 112 valence electrons. The zero-order valence-corrected chi connectivity index (χ0v) is 13.1. The van der Waals surface area contributed by atoms with Crippen LogP contribution in [-0.2, 0) is 6.61 Å². The molecule has 1 aromatic heterocycles. The number of aromatic carboxylic acids is 1. The standard InChI is InChI=1S/C14H14BrNO5/c1-3-19-12-6-9(14(17)18)5-11(15)13(12)20-7-10-4-8(2)16-21-10/h4-6H,3,7H2,1-2H3,(H,17,18). The first-order valence-corrected chi connectivity index (χ1v) is 7.05. The third-order valence-corrected chi connectivity index (χ3v) is 3.18. The van der Waals surface area contributed by atoms with Gasteiger partial charge in [0.1, 0.15) is 6.61 Å². The number of benzene rings is 1. The molecule has 2 aromatic rings. The lowest BCUT2D eigenvalue weighted by atomic mass is 10.2. The van der Waals surface area contributed by atoms with E-state index in [9.17, 15) is 4.79 Å². The second-order valence-electron chi connectivity index (χ2n) is 4.25. The van der Waals surface area contributed by atoms with Gasteiger partial charge in [-0.2, -0.15) is 0 Å². The predicted molar refractivity (Wildman–Crippen MR) is 77.8 cm³/mol. The van der Waals surface area contributed by atoms with Crippen LogP contribution in [0.3, 0.4) is 0 Å². The third kappa shape index (κ3) is 3.75. The van der Waals surface area contributed by atoms with Crippen LogP contribution in [0, 0.1) is 6.92 Å². The van der Waals surface area contributed by atoms with Gasteiger partial charge in [-0.25, -0.2) is 4.79 Å². The van der Waals surface area contributed by atoms with Crippen molar-refractivity contribution in [3.8, 4) is 11.5 Å². The Morgan fingerprint density at radius 2 is 2.14 bits per heavy atom. The maximum absolute atomic E-state index is 11.1. The average Bonchev–Trinajstić information content (AvgIpc) is 2.83. The molecule has 0 bridgehead atoms. The summed E-state index contributed by atoms with van der Waals surface area (Å²) in [6.07, 6.45) is 0. The van der Waals surface area contributed by atoms with Crippen LogP contribution in [0.2, 0.25) is 0 Å². The van der Waals surface area contributed by atoms with E-state index in [1.54, 1.807) is 6.07 Å². The lowest BCUT2D eigenvalue weighted by Gasteiger charge is -2.13. The number of nitrogens with zero attached hydrogens (tertiary/aromatic N) is 1. The van der Waals surface area contributed by atoms with Gasteiger partial charge in [-0.05, 0) is 41.9 Å². The zero-order chi connectivity index (χ0) is 15.4. The van der Waals surface area contributed by atoms with E-state index in [0.717, 1.165) is 5.69 Å². The molecule has 7 heteroatoms. The van der Waals surface area contributed by atoms with E-state index in [1.807, 2.05) is 13.8 Å². The number of carboxylic acids is 1. The van der Waals surface area contributed by atoms with E-state index in [1.165, 1.54) is 12.1 Å². The first-order valence-electron chi connectivity index (χ1n) is 6.26. The number of hydrogen-bond acceptors (Lipinski definition) is 5. The maximum atomic E-state index is 11.1. The van der Waals surface area contributed by atoms with Crippen molar-refractivity contribution in [2.75, 3.05) is 6.61 Å². The average molecular weight is 356 g/mol. The molecular weight excluding hydrogens is 342 g/mol. The SMILES string of the molecule is CCOc1cc(C(=O)O)cc(Br)c1OCc1cc(C)no1. The van der Waals surface area contributed by atoms with Crippen LogP contribution in [0.4, 0.5) is 0 Å². The van der Waals surface area contributed by atoms with Crippen LogP contribution < -0.4 is 9.47 Å². The number of carboxylic acid groups (broad SMARTS) is 1. The first-order chi connectivity index (χ1) is 10.0. The molecule has 0 aliphatic heterocycles. The third-order valence-electron chi connectivity index (χ3n) is 2.59.